The summed E-state index contributed by atoms with van der Waals surface area (Å²) in [4.78, 5) is 29.3. The number of benzene rings is 3. The van der Waals surface area contributed by atoms with E-state index in [9.17, 15) is 9.59 Å². The maximum Gasteiger partial charge on any atom is 0.324 e. The highest BCUT2D eigenvalue weighted by Gasteiger charge is 2.26. The first kappa shape index (κ1) is 20.7. The van der Waals surface area contributed by atoms with E-state index >= 15 is 0 Å². The number of nitrogens with zero attached hydrogens (tertiary/aromatic N) is 2. The number of hydrogen-bond donors (Lipinski definition) is 1. The molecule has 3 amide bonds. The monoisotopic (exact) mass is 413 g/mol. The molecule has 0 aromatic heterocycles. The van der Waals surface area contributed by atoms with Gasteiger partial charge in [-0.3, -0.25) is 9.69 Å². The van der Waals surface area contributed by atoms with E-state index in [-0.39, 0.29) is 11.9 Å². The summed E-state index contributed by atoms with van der Waals surface area (Å²) in [6.07, 6.45) is 0.910. The van der Waals surface area contributed by atoms with Gasteiger partial charge in [0.05, 0.1) is 0 Å². The van der Waals surface area contributed by atoms with E-state index < -0.39 is 0 Å². The summed E-state index contributed by atoms with van der Waals surface area (Å²) in [6, 6.07) is 23.2. The highest BCUT2D eigenvalue weighted by Crippen LogP contribution is 2.22. The molecule has 0 atom stereocenters. The van der Waals surface area contributed by atoms with Crippen molar-refractivity contribution >= 4 is 23.3 Å². The van der Waals surface area contributed by atoms with Gasteiger partial charge < -0.3 is 10.2 Å². The van der Waals surface area contributed by atoms with Crippen molar-refractivity contribution in [1.29, 1.82) is 0 Å². The lowest BCUT2D eigenvalue weighted by Gasteiger charge is -2.35. The molecule has 5 heteroatoms. The molecule has 0 bridgehead atoms. The quantitative estimate of drug-likeness (QED) is 0.610. The third-order valence-electron chi connectivity index (χ3n) is 5.56. The average Bonchev–Trinajstić information content (AvgIpc) is 2.78. The molecule has 0 spiro atoms. The first-order valence-electron chi connectivity index (χ1n) is 10.6. The van der Waals surface area contributed by atoms with Crippen molar-refractivity contribution in [3.05, 3.63) is 95.1 Å². The van der Waals surface area contributed by atoms with E-state index in [4.69, 9.17) is 0 Å². The second kappa shape index (κ2) is 9.04. The predicted molar refractivity (Wildman–Crippen MR) is 125 cm³/mol. The lowest BCUT2D eigenvalue weighted by Crippen LogP contribution is -2.49. The molecule has 0 aliphatic carbocycles. The van der Waals surface area contributed by atoms with Crippen LogP contribution in [0.15, 0.2) is 72.8 Å². The standard InChI is InChI=1S/C26H27N3O2/c1-19-4-8-21(9-5-19)18-28-16-3-17-29(26(28)31)24-14-10-22(11-15-24)25(30)27-23-12-6-20(2)7-13-23/h4-15H,3,16-18H2,1-2H3,(H,27,30). The summed E-state index contributed by atoms with van der Waals surface area (Å²) >= 11 is 0. The van der Waals surface area contributed by atoms with Crippen LogP contribution in [-0.2, 0) is 6.54 Å². The molecule has 1 heterocycles. The van der Waals surface area contributed by atoms with Crippen molar-refractivity contribution in [2.75, 3.05) is 23.3 Å². The minimum Gasteiger partial charge on any atom is -0.322 e. The van der Waals surface area contributed by atoms with Crippen molar-refractivity contribution in [2.24, 2.45) is 0 Å². The lowest BCUT2D eigenvalue weighted by atomic mass is 10.1. The van der Waals surface area contributed by atoms with Crippen molar-refractivity contribution in [1.82, 2.24) is 4.90 Å². The molecule has 1 aliphatic rings. The largest absolute Gasteiger partial charge is 0.324 e. The minimum absolute atomic E-state index is 0.00341. The Kier molecular flexibility index (Phi) is 6.03. The second-order valence-corrected chi connectivity index (χ2v) is 8.06. The van der Waals surface area contributed by atoms with Crippen LogP contribution in [0.1, 0.15) is 33.5 Å². The molecule has 1 N–H and O–H groups in total. The number of anilines is 2. The summed E-state index contributed by atoms with van der Waals surface area (Å²) < 4.78 is 0. The zero-order valence-electron chi connectivity index (χ0n) is 18.0. The zero-order chi connectivity index (χ0) is 21.8. The fourth-order valence-electron chi connectivity index (χ4n) is 3.71. The molecule has 5 nitrogen and oxygen atoms in total. The van der Waals surface area contributed by atoms with Crippen LogP contribution in [0.25, 0.3) is 0 Å². The maximum absolute atomic E-state index is 13.1. The SMILES string of the molecule is Cc1ccc(CN2CCCN(c3ccc(C(=O)Nc4ccc(C)cc4)cc3)C2=O)cc1. The maximum atomic E-state index is 13.1. The summed E-state index contributed by atoms with van der Waals surface area (Å²) in [7, 11) is 0. The highest BCUT2D eigenvalue weighted by molar-refractivity contribution is 6.04. The Balaban J connectivity index is 1.42. The molecule has 1 saturated heterocycles. The molecular formula is C26H27N3O2. The third-order valence-corrected chi connectivity index (χ3v) is 5.56. The summed E-state index contributed by atoms with van der Waals surface area (Å²) in [6.45, 7) is 6.10. The summed E-state index contributed by atoms with van der Waals surface area (Å²) in [5.74, 6) is -0.165. The molecule has 0 unspecified atom stereocenters. The summed E-state index contributed by atoms with van der Waals surface area (Å²) in [5, 5.41) is 2.90. The fraction of sp³-hybridized carbons (Fsp3) is 0.231. The van der Waals surface area contributed by atoms with Gasteiger partial charge in [-0.15, -0.1) is 0 Å². The van der Waals surface area contributed by atoms with Crippen LogP contribution in [0, 0.1) is 13.8 Å². The Morgan fingerprint density at radius 1 is 0.839 bits per heavy atom. The Labute approximate surface area is 183 Å². The zero-order valence-corrected chi connectivity index (χ0v) is 18.0. The Bertz CT molecular complexity index is 1060. The molecule has 3 aromatic rings. The molecule has 1 aliphatic heterocycles. The number of rotatable bonds is 5. The molecule has 3 aromatic carbocycles. The van der Waals surface area contributed by atoms with E-state index in [0.29, 0.717) is 18.7 Å². The van der Waals surface area contributed by atoms with Crippen LogP contribution in [0.2, 0.25) is 0 Å². The van der Waals surface area contributed by atoms with E-state index in [1.165, 1.54) is 5.56 Å². The van der Waals surface area contributed by atoms with Crippen molar-refractivity contribution in [3.63, 3.8) is 0 Å². The van der Waals surface area contributed by atoms with Gasteiger partial charge in [-0.2, -0.15) is 0 Å². The molecule has 1 fully saturated rings. The van der Waals surface area contributed by atoms with Gasteiger partial charge in [0.2, 0.25) is 0 Å². The first-order chi connectivity index (χ1) is 15.0. The average molecular weight is 414 g/mol. The fourth-order valence-corrected chi connectivity index (χ4v) is 3.71. The number of hydrogen-bond acceptors (Lipinski definition) is 2. The van der Waals surface area contributed by atoms with Crippen LogP contribution < -0.4 is 10.2 Å². The summed E-state index contributed by atoms with van der Waals surface area (Å²) in [5.41, 5.74) is 5.61. The van der Waals surface area contributed by atoms with Crippen molar-refractivity contribution in [3.8, 4) is 0 Å². The normalized spacial score (nSPS) is 13.9. The van der Waals surface area contributed by atoms with Gasteiger partial charge in [-0.25, -0.2) is 4.79 Å². The van der Waals surface area contributed by atoms with Gasteiger partial charge in [0.1, 0.15) is 0 Å². The number of amides is 3. The van der Waals surface area contributed by atoms with Crippen LogP contribution >= 0.6 is 0 Å². The minimum atomic E-state index is -0.165. The number of urea groups is 1. The van der Waals surface area contributed by atoms with Crippen LogP contribution in [-0.4, -0.2) is 29.9 Å². The molecular weight excluding hydrogens is 386 g/mol. The van der Waals surface area contributed by atoms with Crippen LogP contribution in [0.3, 0.4) is 0 Å². The number of carbonyl (C=O) groups is 2. The number of aryl methyl sites for hydroxylation is 2. The van der Waals surface area contributed by atoms with Crippen molar-refractivity contribution < 1.29 is 9.59 Å². The molecule has 0 saturated carbocycles. The van der Waals surface area contributed by atoms with E-state index in [1.807, 2.05) is 48.2 Å². The van der Waals surface area contributed by atoms with Crippen LogP contribution in [0.5, 0.6) is 0 Å². The second-order valence-electron chi connectivity index (χ2n) is 8.06. The van der Waals surface area contributed by atoms with Gasteiger partial charge in [0.25, 0.3) is 5.91 Å². The van der Waals surface area contributed by atoms with Crippen molar-refractivity contribution in [2.45, 2.75) is 26.8 Å². The Hall–Kier alpha value is -3.60. The highest BCUT2D eigenvalue weighted by atomic mass is 16.2. The Morgan fingerprint density at radius 3 is 2.10 bits per heavy atom. The molecule has 158 valence electrons. The van der Waals surface area contributed by atoms with Gasteiger partial charge in [0.15, 0.2) is 0 Å². The van der Waals surface area contributed by atoms with Gasteiger partial charge >= 0.3 is 6.03 Å². The van der Waals surface area contributed by atoms with Gasteiger partial charge in [-0.1, -0.05) is 47.5 Å². The van der Waals surface area contributed by atoms with E-state index in [2.05, 4.69) is 36.5 Å². The van der Waals surface area contributed by atoms with E-state index in [0.717, 1.165) is 35.5 Å². The lowest BCUT2D eigenvalue weighted by molar-refractivity contribution is 0.102. The predicted octanol–water partition coefficient (Wildman–Crippen LogP) is 5.39. The van der Waals surface area contributed by atoms with Crippen LogP contribution in [0.4, 0.5) is 16.2 Å². The Morgan fingerprint density at radius 2 is 1.45 bits per heavy atom. The number of nitrogens with one attached hydrogen (secondary N) is 1. The van der Waals surface area contributed by atoms with Gasteiger partial charge in [0, 0.05) is 36.6 Å². The number of carbonyl (C=O) groups excluding carboxylic acids is 2. The molecule has 4 rings (SSSR count). The smallest absolute Gasteiger partial charge is 0.322 e. The molecule has 0 radical (unpaired) electrons. The van der Waals surface area contributed by atoms with Gasteiger partial charge in [-0.05, 0) is 62.2 Å². The first-order valence-corrected chi connectivity index (χ1v) is 10.6. The molecule has 31 heavy (non-hydrogen) atoms. The van der Waals surface area contributed by atoms with E-state index in [1.54, 1.807) is 17.0 Å². The third kappa shape index (κ3) is 4.94. The topological polar surface area (TPSA) is 52.6 Å².